The van der Waals surface area contributed by atoms with E-state index in [9.17, 15) is 10.1 Å². The molecular formula is C5H8N2O2. The highest BCUT2D eigenvalue weighted by molar-refractivity contribution is 5.11. The zero-order valence-corrected chi connectivity index (χ0v) is 5.20. The first-order valence-electron chi connectivity index (χ1n) is 2.70. The summed E-state index contributed by atoms with van der Waals surface area (Å²) in [6.07, 6.45) is 1.08. The molecule has 0 aromatic rings. The summed E-state index contributed by atoms with van der Waals surface area (Å²) in [4.78, 5) is 11.4. The van der Waals surface area contributed by atoms with Gasteiger partial charge in [0.1, 0.15) is 0 Å². The summed E-state index contributed by atoms with van der Waals surface area (Å²) in [5.41, 5.74) is 0.905. The minimum atomic E-state index is -0.400. The Kier molecular flexibility index (Phi) is 1.48. The molecule has 0 unspecified atom stereocenters. The summed E-state index contributed by atoms with van der Waals surface area (Å²) in [5.74, 6) is 0. The molecule has 0 radical (unpaired) electrons. The van der Waals surface area contributed by atoms with Crippen LogP contribution in [0.15, 0.2) is 11.8 Å². The highest BCUT2D eigenvalue weighted by atomic mass is 16.6. The number of likely N-dealkylation sites (tertiary alicyclic amines) is 1. The minimum absolute atomic E-state index is 0.400. The second kappa shape index (κ2) is 2.14. The number of likely N-dealkylation sites (N-methyl/N-ethyl adjacent to an activating group) is 1. The van der Waals surface area contributed by atoms with E-state index in [2.05, 4.69) is 0 Å². The van der Waals surface area contributed by atoms with Gasteiger partial charge in [-0.3, -0.25) is 15.0 Å². The van der Waals surface area contributed by atoms with Gasteiger partial charge in [-0.2, -0.15) is 0 Å². The Morgan fingerprint density at radius 3 is 2.67 bits per heavy atom. The third-order valence-corrected chi connectivity index (χ3v) is 1.23. The zero-order valence-electron chi connectivity index (χ0n) is 5.20. The molecule has 0 spiro atoms. The lowest BCUT2D eigenvalue weighted by atomic mass is 10.1. The molecule has 0 saturated carbocycles. The number of hydrogen-bond acceptors (Lipinski definition) is 3. The lowest BCUT2D eigenvalue weighted by Crippen LogP contribution is -2.36. The van der Waals surface area contributed by atoms with Crippen molar-refractivity contribution in [2.45, 2.75) is 0 Å². The summed E-state index contributed by atoms with van der Waals surface area (Å²) in [6, 6.07) is 0. The van der Waals surface area contributed by atoms with Crippen molar-refractivity contribution in [3.8, 4) is 0 Å². The molecular weight excluding hydrogens is 120 g/mol. The van der Waals surface area contributed by atoms with Gasteiger partial charge in [-0.1, -0.05) is 0 Å². The largest absolute Gasteiger partial charge is 0.298 e. The monoisotopic (exact) mass is 128 g/mol. The van der Waals surface area contributed by atoms with E-state index in [-0.39, 0.29) is 0 Å². The Morgan fingerprint density at radius 1 is 1.78 bits per heavy atom. The second-order valence-corrected chi connectivity index (χ2v) is 2.24. The van der Waals surface area contributed by atoms with Crippen LogP contribution in [0.4, 0.5) is 0 Å². The van der Waals surface area contributed by atoms with Crippen LogP contribution in [0.3, 0.4) is 0 Å². The molecule has 0 aliphatic carbocycles. The van der Waals surface area contributed by atoms with E-state index in [1.165, 1.54) is 0 Å². The molecule has 1 heterocycles. The van der Waals surface area contributed by atoms with Crippen molar-refractivity contribution >= 4 is 0 Å². The Balaban J connectivity index is 2.39. The lowest BCUT2D eigenvalue weighted by Gasteiger charge is -2.27. The van der Waals surface area contributed by atoms with E-state index in [0.29, 0.717) is 0 Å². The van der Waals surface area contributed by atoms with Crippen molar-refractivity contribution in [1.82, 2.24) is 4.90 Å². The number of rotatable bonds is 1. The van der Waals surface area contributed by atoms with Gasteiger partial charge in [-0.15, -0.1) is 0 Å². The van der Waals surface area contributed by atoms with Gasteiger partial charge in [0.15, 0.2) is 0 Å². The number of nitrogens with zero attached hydrogens (tertiary/aromatic N) is 2. The van der Waals surface area contributed by atoms with Crippen LogP contribution in [0.25, 0.3) is 0 Å². The Morgan fingerprint density at radius 2 is 2.33 bits per heavy atom. The number of nitro groups is 1. The molecule has 1 saturated heterocycles. The van der Waals surface area contributed by atoms with Crippen molar-refractivity contribution in [3.05, 3.63) is 21.9 Å². The summed E-state index contributed by atoms with van der Waals surface area (Å²) >= 11 is 0. The van der Waals surface area contributed by atoms with Crippen LogP contribution in [-0.2, 0) is 0 Å². The van der Waals surface area contributed by atoms with Crippen molar-refractivity contribution < 1.29 is 4.92 Å². The van der Waals surface area contributed by atoms with Crippen molar-refractivity contribution in [2.75, 3.05) is 20.1 Å². The molecule has 0 bridgehead atoms. The van der Waals surface area contributed by atoms with E-state index in [1.54, 1.807) is 0 Å². The normalized spacial score (nSPS) is 19.0. The summed E-state index contributed by atoms with van der Waals surface area (Å²) < 4.78 is 0. The average Bonchev–Trinajstić information content (AvgIpc) is 1.60. The molecule has 0 aromatic heterocycles. The van der Waals surface area contributed by atoms with E-state index in [1.807, 2.05) is 11.9 Å². The maximum absolute atomic E-state index is 9.82. The van der Waals surface area contributed by atoms with E-state index < -0.39 is 4.92 Å². The minimum Gasteiger partial charge on any atom is -0.298 e. The van der Waals surface area contributed by atoms with Crippen molar-refractivity contribution in [1.29, 1.82) is 0 Å². The van der Waals surface area contributed by atoms with Crippen molar-refractivity contribution in [2.24, 2.45) is 0 Å². The standard InChI is InChI=1S/C5H8N2O2/c1-6-2-5(3-6)4-7(8)9/h4H,2-3H2,1H3. The van der Waals surface area contributed by atoms with Crippen LogP contribution < -0.4 is 0 Å². The first kappa shape index (κ1) is 6.22. The smallest absolute Gasteiger partial charge is 0.236 e. The van der Waals surface area contributed by atoms with Crippen LogP contribution in [0.5, 0.6) is 0 Å². The molecule has 0 aromatic carbocycles. The van der Waals surface area contributed by atoms with Crippen LogP contribution >= 0.6 is 0 Å². The molecule has 1 fully saturated rings. The third kappa shape index (κ3) is 1.50. The van der Waals surface area contributed by atoms with Gasteiger partial charge in [0.25, 0.3) is 0 Å². The Labute approximate surface area is 52.9 Å². The first-order chi connectivity index (χ1) is 4.18. The van der Waals surface area contributed by atoms with Crippen LogP contribution in [0, 0.1) is 10.1 Å². The summed E-state index contributed by atoms with van der Waals surface area (Å²) in [6.45, 7) is 1.50. The van der Waals surface area contributed by atoms with Crippen LogP contribution in [0.1, 0.15) is 0 Å². The van der Waals surface area contributed by atoms with Gasteiger partial charge in [-0.25, -0.2) is 0 Å². The fraction of sp³-hybridized carbons (Fsp3) is 0.600. The highest BCUT2D eigenvalue weighted by Crippen LogP contribution is 2.09. The highest BCUT2D eigenvalue weighted by Gasteiger charge is 2.17. The molecule has 0 N–H and O–H groups in total. The van der Waals surface area contributed by atoms with Crippen molar-refractivity contribution in [3.63, 3.8) is 0 Å². The second-order valence-electron chi connectivity index (χ2n) is 2.24. The molecule has 9 heavy (non-hydrogen) atoms. The fourth-order valence-electron chi connectivity index (χ4n) is 0.878. The van der Waals surface area contributed by atoms with Gasteiger partial charge < -0.3 is 0 Å². The molecule has 4 nitrogen and oxygen atoms in total. The maximum atomic E-state index is 9.82. The third-order valence-electron chi connectivity index (χ3n) is 1.23. The summed E-state index contributed by atoms with van der Waals surface area (Å²) in [5, 5.41) is 9.82. The lowest BCUT2D eigenvalue weighted by molar-refractivity contribution is -0.404. The SMILES string of the molecule is CN1CC(=C[N+](=O)[O-])C1. The topological polar surface area (TPSA) is 46.4 Å². The van der Waals surface area contributed by atoms with E-state index >= 15 is 0 Å². The quantitative estimate of drug-likeness (QED) is 0.371. The predicted molar refractivity (Wildman–Crippen MR) is 32.6 cm³/mol. The summed E-state index contributed by atoms with van der Waals surface area (Å²) in [7, 11) is 1.93. The molecule has 1 aliphatic rings. The van der Waals surface area contributed by atoms with Gasteiger partial charge in [0, 0.05) is 18.7 Å². The molecule has 4 heteroatoms. The Bertz CT molecular complexity index is 156. The zero-order chi connectivity index (χ0) is 6.85. The van der Waals surface area contributed by atoms with Gasteiger partial charge in [-0.05, 0) is 7.05 Å². The van der Waals surface area contributed by atoms with Gasteiger partial charge in [0.2, 0.25) is 6.20 Å². The molecule has 1 aliphatic heterocycles. The van der Waals surface area contributed by atoms with E-state index in [0.717, 1.165) is 24.9 Å². The fourth-order valence-corrected chi connectivity index (χ4v) is 0.878. The van der Waals surface area contributed by atoms with E-state index in [4.69, 9.17) is 0 Å². The van der Waals surface area contributed by atoms with Crippen LogP contribution in [0.2, 0.25) is 0 Å². The predicted octanol–water partition coefficient (Wildman–Crippen LogP) is 0.0924. The molecule has 0 atom stereocenters. The molecule has 50 valence electrons. The van der Waals surface area contributed by atoms with Crippen LogP contribution in [-0.4, -0.2) is 30.0 Å². The molecule has 1 rings (SSSR count). The van der Waals surface area contributed by atoms with Gasteiger partial charge >= 0.3 is 0 Å². The molecule has 0 amide bonds. The number of hydrogen-bond donors (Lipinski definition) is 0. The first-order valence-corrected chi connectivity index (χ1v) is 2.70. The Hall–Kier alpha value is -0.900. The van der Waals surface area contributed by atoms with Gasteiger partial charge in [0.05, 0.1) is 4.92 Å². The maximum Gasteiger partial charge on any atom is 0.236 e. The average molecular weight is 128 g/mol.